The van der Waals surface area contributed by atoms with Gasteiger partial charge in [-0.3, -0.25) is 0 Å². The Bertz CT molecular complexity index is 480. The average molecular weight is 290 g/mol. The van der Waals surface area contributed by atoms with Crippen LogP contribution in [0.4, 0.5) is 0 Å². The standard InChI is InChI=1S/C16H22N2OS/c1-13(2)7-8-19-16-5-3-14(4-6-16)9-17-10-15-11-20-12-18-15/h3-6,11-13,17H,7-10H2,1-2H3. The largest absolute Gasteiger partial charge is 0.494 e. The molecular weight excluding hydrogens is 268 g/mol. The zero-order valence-corrected chi connectivity index (χ0v) is 13.0. The summed E-state index contributed by atoms with van der Waals surface area (Å²) in [6.07, 6.45) is 1.09. The summed E-state index contributed by atoms with van der Waals surface area (Å²) >= 11 is 1.63. The Hall–Kier alpha value is -1.39. The van der Waals surface area contributed by atoms with Gasteiger partial charge in [-0.25, -0.2) is 4.98 Å². The van der Waals surface area contributed by atoms with Crippen LogP contribution < -0.4 is 10.1 Å². The highest BCUT2D eigenvalue weighted by Crippen LogP contribution is 2.13. The summed E-state index contributed by atoms with van der Waals surface area (Å²) in [5.74, 6) is 1.64. The normalized spacial score (nSPS) is 10.9. The second-order valence-corrected chi connectivity index (χ2v) is 5.98. The van der Waals surface area contributed by atoms with Gasteiger partial charge < -0.3 is 10.1 Å². The second kappa shape index (κ2) is 8.02. The van der Waals surface area contributed by atoms with Crippen LogP contribution in [0, 0.1) is 5.92 Å². The molecule has 0 amide bonds. The molecule has 0 aliphatic heterocycles. The summed E-state index contributed by atoms with van der Waals surface area (Å²) < 4.78 is 5.71. The smallest absolute Gasteiger partial charge is 0.119 e. The fourth-order valence-corrected chi connectivity index (χ4v) is 2.33. The molecule has 0 bridgehead atoms. The lowest BCUT2D eigenvalue weighted by Crippen LogP contribution is -2.12. The molecule has 3 nitrogen and oxygen atoms in total. The maximum absolute atomic E-state index is 5.71. The van der Waals surface area contributed by atoms with Gasteiger partial charge in [-0.05, 0) is 30.0 Å². The van der Waals surface area contributed by atoms with Crippen molar-refractivity contribution >= 4 is 11.3 Å². The molecule has 0 aliphatic rings. The van der Waals surface area contributed by atoms with Gasteiger partial charge in [-0.15, -0.1) is 11.3 Å². The van der Waals surface area contributed by atoms with E-state index in [2.05, 4.69) is 41.7 Å². The first kappa shape index (κ1) is 15.0. The fraction of sp³-hybridized carbons (Fsp3) is 0.438. The third kappa shape index (κ3) is 5.31. The Morgan fingerprint density at radius 2 is 2.00 bits per heavy atom. The number of thiazole rings is 1. The van der Waals surface area contributed by atoms with Crippen LogP contribution in [0.5, 0.6) is 5.75 Å². The van der Waals surface area contributed by atoms with E-state index in [1.807, 2.05) is 17.6 Å². The summed E-state index contributed by atoms with van der Waals surface area (Å²) in [6, 6.07) is 8.30. The van der Waals surface area contributed by atoms with Gasteiger partial charge in [0, 0.05) is 18.5 Å². The number of rotatable bonds is 8. The Morgan fingerprint density at radius 1 is 1.20 bits per heavy atom. The number of aromatic nitrogens is 1. The predicted octanol–water partition coefficient (Wildman–Crippen LogP) is 3.86. The van der Waals surface area contributed by atoms with Crippen LogP contribution in [-0.2, 0) is 13.1 Å². The Morgan fingerprint density at radius 3 is 2.65 bits per heavy atom. The van der Waals surface area contributed by atoms with Crippen LogP contribution in [-0.4, -0.2) is 11.6 Å². The van der Waals surface area contributed by atoms with Gasteiger partial charge in [0.15, 0.2) is 0 Å². The highest BCUT2D eigenvalue weighted by atomic mass is 32.1. The number of nitrogens with zero attached hydrogens (tertiary/aromatic N) is 1. The van der Waals surface area contributed by atoms with Crippen molar-refractivity contribution < 1.29 is 4.74 Å². The molecule has 108 valence electrons. The van der Waals surface area contributed by atoms with E-state index in [0.717, 1.165) is 37.6 Å². The van der Waals surface area contributed by atoms with Crippen molar-refractivity contribution in [1.29, 1.82) is 0 Å². The molecule has 0 spiro atoms. The minimum atomic E-state index is 0.684. The molecule has 1 N–H and O–H groups in total. The molecular formula is C16H22N2OS. The van der Waals surface area contributed by atoms with Crippen LogP contribution in [0.15, 0.2) is 35.2 Å². The molecule has 1 heterocycles. The first-order valence-electron chi connectivity index (χ1n) is 7.03. The first-order chi connectivity index (χ1) is 9.74. The van der Waals surface area contributed by atoms with Gasteiger partial charge in [0.05, 0.1) is 17.8 Å². The van der Waals surface area contributed by atoms with E-state index in [1.54, 1.807) is 11.3 Å². The summed E-state index contributed by atoms with van der Waals surface area (Å²) in [6.45, 7) is 6.87. The molecule has 1 aromatic heterocycles. The summed E-state index contributed by atoms with van der Waals surface area (Å²) in [5.41, 5.74) is 4.22. The highest BCUT2D eigenvalue weighted by Gasteiger charge is 1.99. The molecule has 20 heavy (non-hydrogen) atoms. The van der Waals surface area contributed by atoms with Crippen LogP contribution in [0.3, 0.4) is 0 Å². The molecule has 0 aliphatic carbocycles. The van der Waals surface area contributed by atoms with Crippen molar-refractivity contribution in [2.75, 3.05) is 6.61 Å². The van der Waals surface area contributed by atoms with Crippen molar-refractivity contribution in [3.8, 4) is 5.75 Å². The van der Waals surface area contributed by atoms with Crippen molar-refractivity contribution in [2.45, 2.75) is 33.4 Å². The van der Waals surface area contributed by atoms with Crippen molar-refractivity contribution in [1.82, 2.24) is 10.3 Å². The molecule has 0 atom stereocenters. The van der Waals surface area contributed by atoms with Crippen molar-refractivity contribution in [2.24, 2.45) is 5.92 Å². The monoisotopic (exact) mass is 290 g/mol. The van der Waals surface area contributed by atoms with Crippen molar-refractivity contribution in [3.63, 3.8) is 0 Å². The molecule has 0 unspecified atom stereocenters. The SMILES string of the molecule is CC(C)CCOc1ccc(CNCc2cscn2)cc1. The molecule has 0 fully saturated rings. The lowest BCUT2D eigenvalue weighted by atomic mass is 10.1. The maximum Gasteiger partial charge on any atom is 0.119 e. The van der Waals surface area contributed by atoms with Crippen LogP contribution in [0.1, 0.15) is 31.5 Å². The second-order valence-electron chi connectivity index (χ2n) is 5.26. The van der Waals surface area contributed by atoms with Crippen molar-refractivity contribution in [3.05, 3.63) is 46.4 Å². The number of ether oxygens (including phenoxy) is 1. The average Bonchev–Trinajstić information content (AvgIpc) is 2.93. The lowest BCUT2D eigenvalue weighted by molar-refractivity contribution is 0.289. The number of nitrogens with one attached hydrogen (secondary N) is 1. The van der Waals surface area contributed by atoms with Gasteiger partial charge in [0.2, 0.25) is 0 Å². The van der Waals surface area contributed by atoms with Gasteiger partial charge in [-0.1, -0.05) is 26.0 Å². The van der Waals surface area contributed by atoms with E-state index >= 15 is 0 Å². The fourth-order valence-electron chi connectivity index (χ4n) is 1.78. The lowest BCUT2D eigenvalue weighted by Gasteiger charge is -2.09. The third-order valence-electron chi connectivity index (χ3n) is 3.01. The molecule has 0 radical (unpaired) electrons. The molecule has 2 aromatic rings. The van der Waals surface area contributed by atoms with E-state index in [1.165, 1.54) is 5.56 Å². The molecule has 0 saturated heterocycles. The zero-order valence-electron chi connectivity index (χ0n) is 12.1. The van der Waals surface area contributed by atoms with Crippen LogP contribution >= 0.6 is 11.3 Å². The van der Waals surface area contributed by atoms with Gasteiger partial charge in [0.25, 0.3) is 0 Å². The summed E-state index contributed by atoms with van der Waals surface area (Å²) in [7, 11) is 0. The predicted molar refractivity (Wildman–Crippen MR) is 84.0 cm³/mol. The number of benzene rings is 1. The van der Waals surface area contributed by atoms with Gasteiger partial charge >= 0.3 is 0 Å². The van der Waals surface area contributed by atoms with Crippen LogP contribution in [0.25, 0.3) is 0 Å². The quantitative estimate of drug-likeness (QED) is 0.801. The number of hydrogen-bond donors (Lipinski definition) is 1. The number of hydrogen-bond acceptors (Lipinski definition) is 4. The van der Waals surface area contributed by atoms with E-state index in [9.17, 15) is 0 Å². The molecule has 0 saturated carbocycles. The van der Waals surface area contributed by atoms with E-state index < -0.39 is 0 Å². The highest BCUT2D eigenvalue weighted by molar-refractivity contribution is 7.07. The molecule has 2 rings (SSSR count). The molecule has 1 aromatic carbocycles. The Balaban J connectivity index is 1.71. The minimum absolute atomic E-state index is 0.684. The zero-order chi connectivity index (χ0) is 14.2. The molecule has 4 heteroatoms. The summed E-state index contributed by atoms with van der Waals surface area (Å²) in [5, 5.41) is 5.45. The van der Waals surface area contributed by atoms with E-state index in [0.29, 0.717) is 5.92 Å². The van der Waals surface area contributed by atoms with Gasteiger partial charge in [-0.2, -0.15) is 0 Å². The van der Waals surface area contributed by atoms with Crippen LogP contribution in [0.2, 0.25) is 0 Å². The van der Waals surface area contributed by atoms with Gasteiger partial charge in [0.1, 0.15) is 5.75 Å². The first-order valence-corrected chi connectivity index (χ1v) is 7.98. The van der Waals surface area contributed by atoms with E-state index in [-0.39, 0.29) is 0 Å². The summed E-state index contributed by atoms with van der Waals surface area (Å²) in [4.78, 5) is 4.25. The van der Waals surface area contributed by atoms with E-state index in [4.69, 9.17) is 4.74 Å². The topological polar surface area (TPSA) is 34.1 Å². The Labute approximate surface area is 125 Å². The minimum Gasteiger partial charge on any atom is -0.494 e. The maximum atomic E-state index is 5.71. The third-order valence-corrected chi connectivity index (χ3v) is 3.64. The Kier molecular flexibility index (Phi) is 6.02.